The van der Waals surface area contributed by atoms with Crippen molar-refractivity contribution in [3.8, 4) is 22.4 Å². The number of pyridine rings is 1. The van der Waals surface area contributed by atoms with Crippen molar-refractivity contribution in [2.45, 2.75) is 51.2 Å². The summed E-state index contributed by atoms with van der Waals surface area (Å²) in [5, 5.41) is 4.57. The van der Waals surface area contributed by atoms with Gasteiger partial charge in [-0.3, -0.25) is 18.7 Å². The summed E-state index contributed by atoms with van der Waals surface area (Å²) in [7, 11) is 0. The summed E-state index contributed by atoms with van der Waals surface area (Å²) in [6.07, 6.45) is 3.30. The summed E-state index contributed by atoms with van der Waals surface area (Å²) in [6, 6.07) is 11.5. The van der Waals surface area contributed by atoms with E-state index in [0.717, 1.165) is 54.0 Å². The Morgan fingerprint density at radius 3 is 2.55 bits per heavy atom. The van der Waals surface area contributed by atoms with Crippen molar-refractivity contribution in [3.05, 3.63) is 66.7 Å². The second-order valence-electron chi connectivity index (χ2n) is 9.76. The minimum atomic E-state index is -4.33. The molecule has 0 atom stereocenters. The van der Waals surface area contributed by atoms with Crippen LogP contribution < -0.4 is 0 Å². The zero-order valence-corrected chi connectivity index (χ0v) is 21.0. The van der Waals surface area contributed by atoms with Crippen LogP contribution in [0.2, 0.25) is 0 Å². The van der Waals surface area contributed by atoms with E-state index in [1.807, 2.05) is 56.8 Å². The monoisotopic (exact) mass is 523 g/mol. The number of piperidine rings is 1. The van der Waals surface area contributed by atoms with E-state index in [9.17, 15) is 22.8 Å². The van der Waals surface area contributed by atoms with Gasteiger partial charge in [-0.15, -0.1) is 0 Å². The number of halogens is 3. The number of ketones is 1. The minimum Gasteiger partial charge on any atom is -0.343 e. The van der Waals surface area contributed by atoms with Crippen molar-refractivity contribution < 1.29 is 22.8 Å². The Labute approximate surface area is 217 Å². The lowest BCUT2D eigenvalue weighted by Crippen LogP contribution is -2.37. The Bertz CT molecular complexity index is 1460. The van der Waals surface area contributed by atoms with Gasteiger partial charge >= 0.3 is 6.18 Å². The van der Waals surface area contributed by atoms with Crippen molar-refractivity contribution in [1.29, 1.82) is 0 Å². The summed E-state index contributed by atoms with van der Waals surface area (Å²) in [6.45, 7) is 3.08. The lowest BCUT2D eigenvalue weighted by molar-refractivity contribution is -0.143. The summed E-state index contributed by atoms with van der Waals surface area (Å²) >= 11 is 0. The molecule has 0 unspecified atom stereocenters. The number of likely N-dealkylation sites (tertiary alicyclic amines) is 1. The molecule has 38 heavy (non-hydrogen) atoms. The van der Waals surface area contributed by atoms with Gasteiger partial charge in [0.1, 0.15) is 11.4 Å². The van der Waals surface area contributed by atoms with Crippen LogP contribution in [0.3, 0.4) is 0 Å². The van der Waals surface area contributed by atoms with Crippen molar-refractivity contribution in [2.24, 2.45) is 0 Å². The standard InChI is InChI=1S/C28H28F3N5O2/c1-19(37)34-10-7-24(8-11-34)36-18-23(16-33-36)21-6-12-35-26(17-32-27(35)15-21)22-4-2-3-20(13-22)14-25(38)5-9-28(29,30)31/h2-4,6,12-13,15-18,24H,5,7-11,14H2,1H3. The number of benzene rings is 1. The molecule has 10 heteroatoms. The van der Waals surface area contributed by atoms with Gasteiger partial charge in [-0.1, -0.05) is 18.2 Å². The fraction of sp³-hybridized carbons (Fsp3) is 0.357. The fourth-order valence-corrected chi connectivity index (χ4v) is 4.94. The van der Waals surface area contributed by atoms with Gasteiger partial charge in [-0.25, -0.2) is 4.98 Å². The van der Waals surface area contributed by atoms with Gasteiger partial charge in [0, 0.05) is 56.4 Å². The lowest BCUT2D eigenvalue weighted by atomic mass is 10.0. The molecule has 0 saturated carbocycles. The molecule has 0 radical (unpaired) electrons. The first-order chi connectivity index (χ1) is 18.2. The molecule has 1 fully saturated rings. The summed E-state index contributed by atoms with van der Waals surface area (Å²) in [5.74, 6) is -0.328. The number of hydrogen-bond acceptors (Lipinski definition) is 4. The zero-order valence-electron chi connectivity index (χ0n) is 21.0. The lowest BCUT2D eigenvalue weighted by Gasteiger charge is -2.31. The predicted octanol–water partition coefficient (Wildman–Crippen LogP) is 5.50. The number of carbonyl (C=O) groups excluding carboxylic acids is 2. The van der Waals surface area contributed by atoms with Gasteiger partial charge in [-0.2, -0.15) is 18.3 Å². The maximum atomic E-state index is 12.4. The number of amides is 1. The van der Waals surface area contributed by atoms with Gasteiger partial charge in [0.25, 0.3) is 0 Å². The summed E-state index contributed by atoms with van der Waals surface area (Å²) < 4.78 is 41.2. The average Bonchev–Trinajstić information content (AvgIpc) is 3.55. The molecule has 4 heterocycles. The van der Waals surface area contributed by atoms with Crippen molar-refractivity contribution in [3.63, 3.8) is 0 Å². The Hall–Kier alpha value is -3.95. The van der Waals surface area contributed by atoms with E-state index in [4.69, 9.17) is 0 Å². The first kappa shape index (κ1) is 25.7. The Morgan fingerprint density at radius 1 is 1.03 bits per heavy atom. The maximum absolute atomic E-state index is 12.4. The van der Waals surface area contributed by atoms with Crippen LogP contribution in [0.4, 0.5) is 13.2 Å². The van der Waals surface area contributed by atoms with Gasteiger partial charge in [0.2, 0.25) is 5.91 Å². The van der Waals surface area contributed by atoms with Crippen LogP contribution in [0.15, 0.2) is 61.2 Å². The molecule has 1 aliphatic rings. The highest BCUT2D eigenvalue weighted by Crippen LogP contribution is 2.28. The number of Topliss-reactive ketones (excluding diaryl/α,β-unsaturated/α-hetero) is 1. The zero-order chi connectivity index (χ0) is 26.9. The molecular weight excluding hydrogens is 495 g/mol. The Balaban J connectivity index is 1.30. The van der Waals surface area contributed by atoms with E-state index < -0.39 is 24.8 Å². The van der Waals surface area contributed by atoms with Crippen LogP contribution in [0.1, 0.15) is 44.2 Å². The number of imidazole rings is 1. The second kappa shape index (κ2) is 10.4. The van der Waals surface area contributed by atoms with E-state index in [0.29, 0.717) is 5.56 Å². The molecule has 1 saturated heterocycles. The molecule has 1 amide bonds. The molecule has 1 aromatic carbocycles. The molecule has 1 aliphatic heterocycles. The van der Waals surface area contributed by atoms with Gasteiger partial charge in [-0.05, 0) is 42.2 Å². The van der Waals surface area contributed by atoms with Gasteiger partial charge in [0.15, 0.2) is 0 Å². The Kier molecular flexibility index (Phi) is 7.05. The van der Waals surface area contributed by atoms with Gasteiger partial charge < -0.3 is 4.90 Å². The largest absolute Gasteiger partial charge is 0.389 e. The molecule has 7 nitrogen and oxygen atoms in total. The van der Waals surface area contributed by atoms with E-state index >= 15 is 0 Å². The minimum absolute atomic E-state index is 0.0391. The highest BCUT2D eigenvalue weighted by atomic mass is 19.4. The first-order valence-corrected chi connectivity index (χ1v) is 12.6. The number of hydrogen-bond donors (Lipinski definition) is 0. The average molecular weight is 524 g/mol. The maximum Gasteiger partial charge on any atom is 0.389 e. The van der Waals surface area contributed by atoms with E-state index in [1.54, 1.807) is 25.3 Å². The third-order valence-electron chi connectivity index (χ3n) is 7.04. The quantitative estimate of drug-likeness (QED) is 0.321. The smallest absolute Gasteiger partial charge is 0.343 e. The van der Waals surface area contributed by atoms with Crippen LogP contribution in [-0.4, -0.2) is 55.0 Å². The third-order valence-corrected chi connectivity index (χ3v) is 7.04. The molecule has 0 spiro atoms. The topological polar surface area (TPSA) is 72.5 Å². The molecule has 5 rings (SSSR count). The summed E-state index contributed by atoms with van der Waals surface area (Å²) in [5.41, 5.74) is 5.02. The molecule has 198 valence electrons. The van der Waals surface area contributed by atoms with E-state index in [2.05, 4.69) is 10.1 Å². The number of aromatic nitrogens is 4. The molecule has 3 aromatic heterocycles. The van der Waals surface area contributed by atoms with Crippen molar-refractivity contribution in [1.82, 2.24) is 24.1 Å². The van der Waals surface area contributed by atoms with Gasteiger partial charge in [0.05, 0.1) is 30.6 Å². The van der Waals surface area contributed by atoms with E-state index in [1.165, 1.54) is 0 Å². The molecular formula is C28H28F3N5O2. The number of nitrogens with zero attached hydrogens (tertiary/aromatic N) is 5. The van der Waals surface area contributed by atoms with Crippen LogP contribution >= 0.6 is 0 Å². The Morgan fingerprint density at radius 2 is 1.82 bits per heavy atom. The number of carbonyl (C=O) groups is 2. The van der Waals surface area contributed by atoms with E-state index in [-0.39, 0.29) is 18.4 Å². The highest BCUT2D eigenvalue weighted by molar-refractivity contribution is 5.81. The van der Waals surface area contributed by atoms with Crippen molar-refractivity contribution >= 4 is 17.3 Å². The van der Waals surface area contributed by atoms with Crippen LogP contribution in [0.25, 0.3) is 28.0 Å². The van der Waals surface area contributed by atoms with Crippen LogP contribution in [0.5, 0.6) is 0 Å². The molecule has 4 aromatic rings. The number of fused-ring (bicyclic) bond motifs is 1. The normalized spacial score (nSPS) is 14.8. The highest BCUT2D eigenvalue weighted by Gasteiger charge is 2.28. The number of rotatable bonds is 7. The summed E-state index contributed by atoms with van der Waals surface area (Å²) in [4.78, 5) is 30.1. The van der Waals surface area contributed by atoms with Crippen LogP contribution in [-0.2, 0) is 16.0 Å². The molecule has 0 aliphatic carbocycles. The predicted molar refractivity (Wildman–Crippen MR) is 136 cm³/mol. The van der Waals surface area contributed by atoms with Crippen LogP contribution in [0, 0.1) is 0 Å². The third kappa shape index (κ3) is 5.79. The fourth-order valence-electron chi connectivity index (χ4n) is 4.94. The molecule has 0 N–H and O–H groups in total. The molecule has 0 bridgehead atoms. The SMILES string of the molecule is CC(=O)N1CCC(n2cc(-c3ccn4c(-c5cccc(CC(=O)CCC(F)(F)F)c5)cnc4c3)cn2)CC1. The number of alkyl halides is 3. The second-order valence-corrected chi connectivity index (χ2v) is 9.76. The van der Waals surface area contributed by atoms with Crippen molar-refractivity contribution in [2.75, 3.05) is 13.1 Å². The first-order valence-electron chi connectivity index (χ1n) is 12.6.